The molecule has 0 bridgehead atoms. The quantitative estimate of drug-likeness (QED) is 0.841. The van der Waals surface area contributed by atoms with Crippen LogP contribution in [0.1, 0.15) is 56.6 Å². The topological polar surface area (TPSA) is 93.1 Å². The van der Waals surface area contributed by atoms with Gasteiger partial charge < -0.3 is 10.6 Å². The van der Waals surface area contributed by atoms with Gasteiger partial charge in [-0.15, -0.1) is 0 Å². The number of piperidine rings is 1. The van der Waals surface area contributed by atoms with Crippen LogP contribution in [0.15, 0.2) is 6.07 Å². The van der Waals surface area contributed by atoms with Gasteiger partial charge in [-0.05, 0) is 38.8 Å². The normalized spacial score (nSPS) is 21.8. The average Bonchev–Trinajstić information content (AvgIpc) is 2.96. The molecule has 25 heavy (non-hydrogen) atoms. The second-order valence-corrected chi connectivity index (χ2v) is 9.71. The van der Waals surface area contributed by atoms with E-state index in [1.165, 1.54) is 19.3 Å². The van der Waals surface area contributed by atoms with Gasteiger partial charge in [0.1, 0.15) is 5.82 Å². The summed E-state index contributed by atoms with van der Waals surface area (Å²) in [6, 6.07) is 1.91. The molecule has 1 aromatic rings. The highest BCUT2D eigenvalue weighted by atomic mass is 32.2. The van der Waals surface area contributed by atoms with E-state index in [0.717, 1.165) is 24.8 Å². The van der Waals surface area contributed by atoms with Gasteiger partial charge in [-0.25, -0.2) is 8.42 Å². The number of anilines is 1. The van der Waals surface area contributed by atoms with Gasteiger partial charge in [0.15, 0.2) is 14.6 Å². The third-order valence-corrected chi connectivity index (χ3v) is 7.71. The lowest BCUT2D eigenvalue weighted by atomic mass is 9.87. The van der Waals surface area contributed by atoms with Crippen molar-refractivity contribution >= 4 is 21.6 Å². The molecule has 2 aliphatic rings. The molecule has 140 valence electrons. The lowest BCUT2D eigenvalue weighted by Crippen LogP contribution is -2.55. The molecule has 0 spiro atoms. The van der Waals surface area contributed by atoms with Crippen molar-refractivity contribution in [3.8, 4) is 0 Å². The molecule has 2 heterocycles. The molecular weight excluding hydrogens is 340 g/mol. The molecule has 3 rings (SSSR count). The number of aromatic nitrogens is 2. The first-order chi connectivity index (χ1) is 11.8. The molecule has 0 atom stereocenters. The average molecular weight is 369 g/mol. The summed E-state index contributed by atoms with van der Waals surface area (Å²) < 4.78 is 25.0. The minimum absolute atomic E-state index is 0.297. The molecular formula is C17H28N4O3S. The van der Waals surface area contributed by atoms with E-state index in [1.54, 1.807) is 11.7 Å². The Labute approximate surface area is 149 Å². The Kier molecular flexibility index (Phi) is 5.20. The zero-order valence-electron chi connectivity index (χ0n) is 15.0. The zero-order chi connectivity index (χ0) is 18.1. The maximum atomic E-state index is 12.9. The van der Waals surface area contributed by atoms with Crippen LogP contribution in [-0.2, 0) is 21.7 Å². The van der Waals surface area contributed by atoms with Crippen molar-refractivity contribution in [3.63, 3.8) is 0 Å². The number of nitrogens with zero attached hydrogens (tertiary/aromatic N) is 2. The molecule has 1 aliphatic carbocycles. The molecule has 1 amide bonds. The second kappa shape index (κ2) is 7.07. The standard InChI is InChI=1S/C17H28N4O3S/c1-21-15(12-14(20-21)13-6-4-3-5-7-13)19-16(22)17(25(2,23)24)8-10-18-11-9-17/h12-13,18H,3-11H2,1-2H3,(H,19,22). The van der Waals surface area contributed by atoms with E-state index < -0.39 is 20.5 Å². The van der Waals surface area contributed by atoms with Crippen molar-refractivity contribution in [2.24, 2.45) is 7.05 Å². The van der Waals surface area contributed by atoms with Crippen molar-refractivity contribution in [3.05, 3.63) is 11.8 Å². The van der Waals surface area contributed by atoms with Crippen LogP contribution in [0.25, 0.3) is 0 Å². The largest absolute Gasteiger partial charge is 0.317 e. The summed E-state index contributed by atoms with van der Waals surface area (Å²) in [6.07, 6.45) is 7.72. The number of carbonyl (C=O) groups is 1. The molecule has 1 aromatic heterocycles. The summed E-state index contributed by atoms with van der Waals surface area (Å²) in [4.78, 5) is 12.9. The van der Waals surface area contributed by atoms with E-state index >= 15 is 0 Å². The third-order valence-electron chi connectivity index (χ3n) is 5.70. The van der Waals surface area contributed by atoms with Gasteiger partial charge in [0, 0.05) is 25.3 Å². The van der Waals surface area contributed by atoms with E-state index in [4.69, 9.17) is 0 Å². The van der Waals surface area contributed by atoms with Crippen LogP contribution in [0, 0.1) is 0 Å². The Morgan fingerprint density at radius 1 is 1.28 bits per heavy atom. The first kappa shape index (κ1) is 18.4. The van der Waals surface area contributed by atoms with Crippen LogP contribution in [0.2, 0.25) is 0 Å². The van der Waals surface area contributed by atoms with E-state index in [9.17, 15) is 13.2 Å². The van der Waals surface area contributed by atoms with Gasteiger partial charge in [-0.2, -0.15) is 5.10 Å². The SMILES string of the molecule is Cn1nc(C2CCCCC2)cc1NC(=O)C1(S(C)(=O)=O)CCNCC1. The fraction of sp³-hybridized carbons (Fsp3) is 0.765. The van der Waals surface area contributed by atoms with Crippen LogP contribution in [0.4, 0.5) is 5.82 Å². The Morgan fingerprint density at radius 3 is 2.52 bits per heavy atom. The predicted octanol–water partition coefficient (Wildman–Crippen LogP) is 1.57. The number of hydrogen-bond acceptors (Lipinski definition) is 5. The lowest BCUT2D eigenvalue weighted by molar-refractivity contribution is -0.119. The smallest absolute Gasteiger partial charge is 0.247 e. The van der Waals surface area contributed by atoms with Gasteiger partial charge in [0.25, 0.3) is 0 Å². The number of sulfone groups is 1. The Morgan fingerprint density at radius 2 is 1.92 bits per heavy atom. The summed E-state index contributed by atoms with van der Waals surface area (Å²) in [6.45, 7) is 1.05. The predicted molar refractivity (Wildman–Crippen MR) is 97.3 cm³/mol. The summed E-state index contributed by atoms with van der Waals surface area (Å²) in [5.74, 6) is 0.579. The summed E-state index contributed by atoms with van der Waals surface area (Å²) in [5.41, 5.74) is 0.996. The van der Waals surface area contributed by atoms with Crippen molar-refractivity contribution in [1.29, 1.82) is 0 Å². The highest BCUT2D eigenvalue weighted by Crippen LogP contribution is 2.34. The molecule has 0 unspecified atom stereocenters. The van der Waals surface area contributed by atoms with Crippen LogP contribution in [-0.4, -0.2) is 48.2 Å². The maximum absolute atomic E-state index is 12.9. The molecule has 0 radical (unpaired) electrons. The van der Waals surface area contributed by atoms with Gasteiger partial charge in [0.05, 0.1) is 5.69 Å². The van der Waals surface area contributed by atoms with Crippen LogP contribution in [0.5, 0.6) is 0 Å². The lowest BCUT2D eigenvalue weighted by Gasteiger charge is -2.34. The molecule has 8 heteroatoms. The zero-order valence-corrected chi connectivity index (χ0v) is 15.9. The minimum Gasteiger partial charge on any atom is -0.317 e. The monoisotopic (exact) mass is 368 g/mol. The van der Waals surface area contributed by atoms with Gasteiger partial charge in [-0.1, -0.05) is 19.3 Å². The van der Waals surface area contributed by atoms with Gasteiger partial charge >= 0.3 is 0 Å². The van der Waals surface area contributed by atoms with Crippen LogP contribution in [0.3, 0.4) is 0 Å². The Balaban J connectivity index is 1.81. The Hall–Kier alpha value is -1.41. The number of carbonyl (C=O) groups excluding carboxylic acids is 1. The van der Waals surface area contributed by atoms with E-state index in [2.05, 4.69) is 15.7 Å². The molecule has 7 nitrogen and oxygen atoms in total. The summed E-state index contributed by atoms with van der Waals surface area (Å²) >= 11 is 0. The molecule has 1 aliphatic heterocycles. The van der Waals surface area contributed by atoms with E-state index in [1.807, 2.05) is 6.07 Å². The van der Waals surface area contributed by atoms with Gasteiger partial charge in [0.2, 0.25) is 5.91 Å². The minimum atomic E-state index is -3.52. The Bertz CT molecular complexity index is 729. The highest BCUT2D eigenvalue weighted by molar-refractivity contribution is 7.92. The van der Waals surface area contributed by atoms with Gasteiger partial charge in [-0.3, -0.25) is 9.48 Å². The number of amides is 1. The van der Waals surface area contributed by atoms with Crippen molar-refractivity contribution < 1.29 is 13.2 Å². The third kappa shape index (κ3) is 3.60. The molecule has 0 aromatic carbocycles. The first-order valence-electron chi connectivity index (χ1n) is 9.09. The molecule has 2 N–H and O–H groups in total. The van der Waals surface area contributed by atoms with Crippen molar-refractivity contribution in [1.82, 2.24) is 15.1 Å². The second-order valence-electron chi connectivity index (χ2n) is 7.38. The highest BCUT2D eigenvalue weighted by Gasteiger charge is 2.48. The maximum Gasteiger partial charge on any atom is 0.247 e. The number of aryl methyl sites for hydroxylation is 1. The van der Waals surface area contributed by atoms with E-state index in [0.29, 0.717) is 37.7 Å². The van der Waals surface area contributed by atoms with E-state index in [-0.39, 0.29) is 0 Å². The fourth-order valence-corrected chi connectivity index (χ4v) is 5.36. The molecule has 1 saturated heterocycles. The van der Waals surface area contributed by atoms with Crippen molar-refractivity contribution in [2.75, 3.05) is 24.7 Å². The molecule has 2 fully saturated rings. The van der Waals surface area contributed by atoms with Crippen LogP contribution < -0.4 is 10.6 Å². The van der Waals surface area contributed by atoms with Crippen LogP contribution >= 0.6 is 0 Å². The number of hydrogen-bond donors (Lipinski definition) is 2. The number of nitrogens with one attached hydrogen (secondary N) is 2. The first-order valence-corrected chi connectivity index (χ1v) is 11.0. The summed E-state index contributed by atoms with van der Waals surface area (Å²) in [5, 5.41) is 10.5. The fourth-order valence-electron chi connectivity index (χ4n) is 4.03. The van der Waals surface area contributed by atoms with Crippen molar-refractivity contribution in [2.45, 2.75) is 55.6 Å². The summed E-state index contributed by atoms with van der Waals surface area (Å²) in [7, 11) is -1.73. The number of rotatable bonds is 4. The molecule has 1 saturated carbocycles.